The normalized spacial score (nSPS) is 19.1. The maximum absolute atomic E-state index is 12.1. The van der Waals surface area contributed by atoms with Crippen LogP contribution in [-0.4, -0.2) is 47.0 Å². The van der Waals surface area contributed by atoms with E-state index in [0.717, 1.165) is 25.9 Å². The molecule has 0 amide bonds. The molecule has 1 aromatic rings. The number of hydrogen-bond donors (Lipinski definition) is 2. The highest BCUT2D eigenvalue weighted by Crippen LogP contribution is 2.54. The number of ether oxygens (including phenoxy) is 1. The van der Waals surface area contributed by atoms with Gasteiger partial charge in [0.1, 0.15) is 0 Å². The summed E-state index contributed by atoms with van der Waals surface area (Å²) in [6, 6.07) is 4.79. The number of benzene rings is 1. The van der Waals surface area contributed by atoms with Crippen LogP contribution in [0.4, 0.5) is 11.4 Å². The lowest BCUT2D eigenvalue weighted by Crippen LogP contribution is -2.35. The van der Waals surface area contributed by atoms with Gasteiger partial charge in [-0.15, -0.1) is 0 Å². The highest BCUT2D eigenvalue weighted by atomic mass is 32.2. The predicted molar refractivity (Wildman–Crippen MR) is 99.8 cm³/mol. The molecule has 1 unspecified atom stereocenters. The van der Waals surface area contributed by atoms with E-state index < -0.39 is 23.3 Å². The minimum absolute atomic E-state index is 0.235. The number of hydrogen-bond acceptors (Lipinski definition) is 6. The summed E-state index contributed by atoms with van der Waals surface area (Å²) in [7, 11) is 0. The zero-order chi connectivity index (χ0) is 18.7. The Bertz CT molecular complexity index is 682. The smallest absolute Gasteiger partial charge is 0.358 e. The Hall–Kier alpha value is -1.93. The molecule has 2 N–H and O–H groups in total. The third kappa shape index (κ3) is 4.42. The second kappa shape index (κ2) is 7.75. The lowest BCUT2D eigenvalue weighted by atomic mass is 9.93. The summed E-state index contributed by atoms with van der Waals surface area (Å²) in [6.45, 7) is 3.59. The van der Waals surface area contributed by atoms with E-state index in [0.29, 0.717) is 16.8 Å². The van der Waals surface area contributed by atoms with Gasteiger partial charge in [0.05, 0.1) is 34.9 Å². The number of nitrogens with one attached hydrogen (secondary N) is 1. The molecule has 1 aliphatic heterocycles. The first-order chi connectivity index (χ1) is 12.4. The summed E-state index contributed by atoms with van der Waals surface area (Å²) < 4.78 is 19.6. The number of anilines is 2. The van der Waals surface area contributed by atoms with Gasteiger partial charge in [-0.3, -0.25) is 0 Å². The fraction of sp³-hybridized carbons (Fsp3) is 0.556. The fourth-order valence-corrected chi connectivity index (χ4v) is 4.17. The largest absolute Gasteiger partial charge is 0.593 e. The van der Waals surface area contributed by atoms with Crippen molar-refractivity contribution < 1.29 is 24.0 Å². The first-order valence-electron chi connectivity index (χ1n) is 8.85. The van der Waals surface area contributed by atoms with Crippen LogP contribution in [0.3, 0.4) is 0 Å². The fourth-order valence-electron chi connectivity index (χ4n) is 3.41. The quantitative estimate of drug-likeness (QED) is 0.553. The van der Waals surface area contributed by atoms with Crippen molar-refractivity contribution in [2.24, 2.45) is 5.41 Å². The maximum atomic E-state index is 12.1. The van der Waals surface area contributed by atoms with Gasteiger partial charge in [0, 0.05) is 13.1 Å². The van der Waals surface area contributed by atoms with Crippen molar-refractivity contribution in [3.63, 3.8) is 0 Å². The summed E-state index contributed by atoms with van der Waals surface area (Å²) in [5, 5.41) is 9.49. The number of esters is 1. The lowest BCUT2D eigenvalue weighted by molar-refractivity contribution is -0.139. The van der Waals surface area contributed by atoms with E-state index in [1.807, 2.05) is 0 Å². The Kier molecular flexibility index (Phi) is 5.62. The molecule has 3 rings (SSSR count). The van der Waals surface area contributed by atoms with Gasteiger partial charge in [-0.1, -0.05) is 0 Å². The number of carbonyl (C=O) groups is 2. The Morgan fingerprint density at radius 3 is 2.58 bits per heavy atom. The van der Waals surface area contributed by atoms with E-state index in [9.17, 15) is 19.2 Å². The zero-order valence-corrected chi connectivity index (χ0v) is 15.6. The van der Waals surface area contributed by atoms with Crippen LogP contribution in [0, 0.1) is 5.41 Å². The number of rotatable bonds is 7. The summed E-state index contributed by atoms with van der Waals surface area (Å²) in [5.74, 6) is -1.77. The van der Waals surface area contributed by atoms with Crippen molar-refractivity contribution in [2.45, 2.75) is 32.6 Å². The van der Waals surface area contributed by atoms with Gasteiger partial charge in [0.2, 0.25) is 5.75 Å². The Balaban J connectivity index is 1.71. The van der Waals surface area contributed by atoms with Crippen LogP contribution in [-0.2, 0) is 20.9 Å². The van der Waals surface area contributed by atoms with Crippen molar-refractivity contribution in [3.05, 3.63) is 23.8 Å². The maximum Gasteiger partial charge on any atom is 0.358 e. The molecule has 7 nitrogen and oxygen atoms in total. The molecule has 2 fully saturated rings. The van der Waals surface area contributed by atoms with Gasteiger partial charge in [0.15, 0.2) is 0 Å². The average molecular weight is 380 g/mol. The van der Waals surface area contributed by atoms with Gasteiger partial charge < -0.3 is 19.3 Å². The minimum Gasteiger partial charge on any atom is -0.593 e. The summed E-state index contributed by atoms with van der Waals surface area (Å²) in [5.41, 5.74) is 1.89. The molecule has 1 saturated heterocycles. The predicted octanol–water partition coefficient (Wildman–Crippen LogP) is 2.40. The van der Waals surface area contributed by atoms with Crippen LogP contribution in [0.15, 0.2) is 18.2 Å². The van der Waals surface area contributed by atoms with Crippen molar-refractivity contribution in [1.82, 2.24) is 0 Å². The topological polar surface area (TPSA) is 102 Å². The molecule has 0 bridgehead atoms. The SMILES string of the molecule is CCOC(=O)C[S+]([O-])Nc1ccc(C(=O)O)c(N2CCC3(CC2)CC3)c1. The van der Waals surface area contributed by atoms with Crippen LogP contribution in [0.5, 0.6) is 0 Å². The standard InChI is InChI=1S/C18H24N2O5S/c1-2-25-16(21)12-26(24)19-13-3-4-14(17(22)23)15(11-13)20-9-7-18(5-6-18)8-10-20/h3-4,11,19H,2,5-10,12H2,1H3,(H,22,23). The Labute approximate surface area is 156 Å². The first-order valence-corrected chi connectivity index (χ1v) is 10.2. The van der Waals surface area contributed by atoms with Crippen LogP contribution in [0.1, 0.15) is 43.0 Å². The molecule has 8 heteroatoms. The molecule has 2 aliphatic rings. The molecule has 1 saturated carbocycles. The summed E-state index contributed by atoms with van der Waals surface area (Å²) >= 11 is -1.63. The van der Waals surface area contributed by atoms with Gasteiger partial charge in [-0.25, -0.2) is 14.3 Å². The highest BCUT2D eigenvalue weighted by Gasteiger charge is 2.44. The van der Waals surface area contributed by atoms with Crippen molar-refractivity contribution in [1.29, 1.82) is 0 Å². The monoisotopic (exact) mass is 380 g/mol. The van der Waals surface area contributed by atoms with E-state index in [-0.39, 0.29) is 17.9 Å². The van der Waals surface area contributed by atoms with E-state index in [4.69, 9.17) is 4.74 Å². The molecule has 1 aliphatic carbocycles. The number of aromatic carboxylic acids is 1. The van der Waals surface area contributed by atoms with E-state index in [2.05, 4.69) is 9.62 Å². The Morgan fingerprint density at radius 2 is 2.00 bits per heavy atom. The van der Waals surface area contributed by atoms with Gasteiger partial charge >= 0.3 is 11.9 Å². The minimum atomic E-state index is -1.63. The van der Waals surface area contributed by atoms with E-state index in [1.165, 1.54) is 18.9 Å². The third-order valence-electron chi connectivity index (χ3n) is 5.14. The molecule has 142 valence electrons. The number of carboxylic acids is 1. The van der Waals surface area contributed by atoms with Crippen molar-refractivity contribution >= 4 is 34.7 Å². The van der Waals surface area contributed by atoms with Crippen LogP contribution < -0.4 is 9.62 Å². The number of nitrogens with zero attached hydrogens (tertiary/aromatic N) is 1. The molecule has 0 radical (unpaired) electrons. The van der Waals surface area contributed by atoms with Gasteiger partial charge in [-0.05, 0) is 56.2 Å². The average Bonchev–Trinajstić information content (AvgIpc) is 3.34. The van der Waals surface area contributed by atoms with Crippen LogP contribution in [0.2, 0.25) is 0 Å². The molecule has 1 atom stereocenters. The first kappa shape index (κ1) is 18.8. The Morgan fingerprint density at radius 1 is 1.31 bits per heavy atom. The van der Waals surface area contributed by atoms with Gasteiger partial charge in [-0.2, -0.15) is 0 Å². The van der Waals surface area contributed by atoms with Crippen molar-refractivity contribution in [3.8, 4) is 0 Å². The molecule has 0 aromatic heterocycles. The summed E-state index contributed by atoms with van der Waals surface area (Å²) in [4.78, 5) is 25.1. The number of carbonyl (C=O) groups excluding carboxylic acids is 1. The molecule has 1 spiro atoms. The summed E-state index contributed by atoms with van der Waals surface area (Å²) in [6.07, 6.45) is 4.72. The van der Waals surface area contributed by atoms with E-state index >= 15 is 0 Å². The third-order valence-corrected chi connectivity index (χ3v) is 6.10. The number of carboxylic acid groups (broad SMARTS) is 1. The lowest BCUT2D eigenvalue weighted by Gasteiger charge is -2.34. The highest BCUT2D eigenvalue weighted by molar-refractivity contribution is 7.93. The second-order valence-corrected chi connectivity index (χ2v) is 8.10. The number of piperidine rings is 1. The molecule has 1 aromatic carbocycles. The van der Waals surface area contributed by atoms with Crippen LogP contribution >= 0.6 is 0 Å². The van der Waals surface area contributed by atoms with Gasteiger partial charge in [0.25, 0.3) is 0 Å². The second-order valence-electron chi connectivity index (χ2n) is 6.92. The molecule has 26 heavy (non-hydrogen) atoms. The molecular weight excluding hydrogens is 356 g/mol. The van der Waals surface area contributed by atoms with Crippen molar-refractivity contribution in [2.75, 3.05) is 35.1 Å². The zero-order valence-electron chi connectivity index (χ0n) is 14.8. The molecule has 1 heterocycles. The molecular formula is C18H24N2O5S. The van der Waals surface area contributed by atoms with E-state index in [1.54, 1.807) is 19.1 Å². The van der Waals surface area contributed by atoms with Crippen LogP contribution in [0.25, 0.3) is 0 Å².